The summed E-state index contributed by atoms with van der Waals surface area (Å²) in [5.74, 6) is -2.00. The van der Waals surface area contributed by atoms with Crippen molar-refractivity contribution in [2.75, 3.05) is 6.61 Å². The molecule has 0 rings (SSSR count). The SMILES string of the molecule is CCCCCCCC/C=C\CCCCCCC(=O)C(=O)C(CCCCCC/C=C\CCCCCCCC)C(=O)OCC(CC)CCCC. The lowest BCUT2D eigenvalue weighted by atomic mass is 9.92. The van der Waals surface area contributed by atoms with Gasteiger partial charge in [-0.15, -0.1) is 0 Å². The van der Waals surface area contributed by atoms with E-state index in [0.29, 0.717) is 18.9 Å². The first-order valence-corrected chi connectivity index (χ1v) is 21.0. The third-order valence-corrected chi connectivity index (χ3v) is 9.80. The maximum absolute atomic E-state index is 13.2. The van der Waals surface area contributed by atoms with Gasteiger partial charge in [0.15, 0.2) is 5.78 Å². The quantitative estimate of drug-likeness (QED) is 0.0217. The molecule has 280 valence electrons. The normalized spacial score (nSPS) is 13.0. The van der Waals surface area contributed by atoms with Crippen LogP contribution in [0.1, 0.15) is 220 Å². The third-order valence-electron chi connectivity index (χ3n) is 9.80. The minimum absolute atomic E-state index is 0.246. The number of allylic oxidation sites excluding steroid dienone is 4. The summed E-state index contributed by atoms with van der Waals surface area (Å²) in [6, 6.07) is 0. The van der Waals surface area contributed by atoms with Crippen molar-refractivity contribution >= 4 is 17.5 Å². The Morgan fingerprint density at radius 2 is 0.896 bits per heavy atom. The van der Waals surface area contributed by atoms with Gasteiger partial charge in [0.1, 0.15) is 5.92 Å². The molecule has 0 aromatic carbocycles. The molecule has 0 saturated carbocycles. The Labute approximate surface area is 299 Å². The van der Waals surface area contributed by atoms with Gasteiger partial charge in [0.2, 0.25) is 5.78 Å². The molecule has 0 saturated heterocycles. The van der Waals surface area contributed by atoms with Gasteiger partial charge in [-0.1, -0.05) is 168 Å². The number of carbonyl (C=O) groups is 3. The van der Waals surface area contributed by atoms with E-state index in [2.05, 4.69) is 52.0 Å². The number of hydrogen-bond acceptors (Lipinski definition) is 4. The zero-order chi connectivity index (χ0) is 35.3. The lowest BCUT2D eigenvalue weighted by Gasteiger charge is -2.18. The van der Waals surface area contributed by atoms with Crippen molar-refractivity contribution < 1.29 is 19.1 Å². The monoisotopic (exact) mass is 673 g/mol. The number of rotatable bonds is 37. The summed E-state index contributed by atoms with van der Waals surface area (Å²) in [5, 5.41) is 0. The molecule has 0 N–H and O–H groups in total. The molecule has 48 heavy (non-hydrogen) atoms. The van der Waals surface area contributed by atoms with Gasteiger partial charge in [0.25, 0.3) is 0 Å². The van der Waals surface area contributed by atoms with E-state index < -0.39 is 17.7 Å². The van der Waals surface area contributed by atoms with Gasteiger partial charge in [-0.3, -0.25) is 14.4 Å². The van der Waals surface area contributed by atoms with Crippen LogP contribution in [0, 0.1) is 11.8 Å². The maximum atomic E-state index is 13.2. The van der Waals surface area contributed by atoms with Crippen LogP contribution in [0.2, 0.25) is 0 Å². The largest absolute Gasteiger partial charge is 0.465 e. The van der Waals surface area contributed by atoms with Crippen LogP contribution in [-0.4, -0.2) is 24.1 Å². The lowest BCUT2D eigenvalue weighted by Crippen LogP contribution is -2.32. The van der Waals surface area contributed by atoms with E-state index in [1.54, 1.807) is 0 Å². The van der Waals surface area contributed by atoms with Crippen molar-refractivity contribution in [2.45, 2.75) is 220 Å². The first kappa shape index (κ1) is 46.3. The average Bonchev–Trinajstić information content (AvgIpc) is 3.09. The number of ketones is 2. The number of carbonyl (C=O) groups excluding carboxylic acids is 3. The van der Waals surface area contributed by atoms with Crippen molar-refractivity contribution in [3.8, 4) is 0 Å². The third kappa shape index (κ3) is 29.2. The van der Waals surface area contributed by atoms with Crippen molar-refractivity contribution in [3.05, 3.63) is 24.3 Å². The molecular weight excluding hydrogens is 592 g/mol. The second kappa shape index (κ2) is 36.6. The number of hydrogen-bond donors (Lipinski definition) is 0. The van der Waals surface area contributed by atoms with Crippen LogP contribution in [0.5, 0.6) is 0 Å². The van der Waals surface area contributed by atoms with Crippen molar-refractivity contribution in [1.29, 1.82) is 0 Å². The molecule has 0 spiro atoms. The van der Waals surface area contributed by atoms with Crippen molar-refractivity contribution in [2.24, 2.45) is 11.8 Å². The van der Waals surface area contributed by atoms with Crippen LogP contribution >= 0.6 is 0 Å². The summed E-state index contributed by atoms with van der Waals surface area (Å²) < 4.78 is 5.69. The van der Waals surface area contributed by atoms with E-state index in [1.807, 2.05) is 0 Å². The zero-order valence-electron chi connectivity index (χ0n) is 32.5. The smallest absolute Gasteiger partial charge is 0.316 e. The summed E-state index contributed by atoms with van der Waals surface area (Å²) in [4.78, 5) is 39.3. The summed E-state index contributed by atoms with van der Waals surface area (Å²) in [7, 11) is 0. The molecule has 0 aliphatic carbocycles. The molecule has 2 atom stereocenters. The van der Waals surface area contributed by atoms with E-state index in [-0.39, 0.29) is 12.2 Å². The molecule has 0 fully saturated rings. The molecule has 0 heterocycles. The van der Waals surface area contributed by atoms with Gasteiger partial charge in [0.05, 0.1) is 6.61 Å². The van der Waals surface area contributed by atoms with E-state index in [4.69, 9.17) is 4.74 Å². The molecule has 0 amide bonds. The molecule has 0 radical (unpaired) electrons. The fourth-order valence-corrected chi connectivity index (χ4v) is 6.29. The summed E-state index contributed by atoms with van der Waals surface area (Å²) >= 11 is 0. The van der Waals surface area contributed by atoms with E-state index in [1.165, 1.54) is 89.9 Å². The fraction of sp³-hybridized carbons (Fsp3) is 0.841. The van der Waals surface area contributed by atoms with Gasteiger partial charge >= 0.3 is 5.97 Å². The Balaban J connectivity index is 4.48. The van der Waals surface area contributed by atoms with Gasteiger partial charge in [0, 0.05) is 6.42 Å². The van der Waals surface area contributed by atoms with Crippen LogP contribution in [0.15, 0.2) is 24.3 Å². The molecule has 0 aromatic rings. The fourth-order valence-electron chi connectivity index (χ4n) is 6.29. The van der Waals surface area contributed by atoms with Crippen LogP contribution in [0.3, 0.4) is 0 Å². The highest BCUT2D eigenvalue weighted by molar-refractivity contribution is 6.41. The number of unbranched alkanes of at least 4 members (excludes halogenated alkanes) is 21. The van der Waals surface area contributed by atoms with Crippen LogP contribution in [0.25, 0.3) is 0 Å². The van der Waals surface area contributed by atoms with Gasteiger partial charge < -0.3 is 4.74 Å². The minimum atomic E-state index is -0.935. The second-order valence-electron chi connectivity index (χ2n) is 14.4. The predicted molar refractivity (Wildman–Crippen MR) is 207 cm³/mol. The number of esters is 1. The molecule has 0 aliphatic heterocycles. The van der Waals surface area contributed by atoms with Crippen LogP contribution in [0.4, 0.5) is 0 Å². The number of Topliss-reactive ketones (excluding diaryl/α,β-unsaturated/α-hetero) is 2. The molecule has 0 aromatic heterocycles. The van der Waals surface area contributed by atoms with Crippen molar-refractivity contribution in [3.63, 3.8) is 0 Å². The Bertz CT molecular complexity index is 798. The highest BCUT2D eigenvalue weighted by atomic mass is 16.5. The van der Waals surface area contributed by atoms with Crippen LogP contribution in [-0.2, 0) is 19.1 Å². The molecule has 4 nitrogen and oxygen atoms in total. The maximum Gasteiger partial charge on any atom is 0.316 e. The Hall–Kier alpha value is -1.71. The first-order chi connectivity index (χ1) is 23.5. The Kier molecular flexibility index (Phi) is 35.3. The Morgan fingerprint density at radius 1 is 0.479 bits per heavy atom. The standard InChI is InChI=1S/C44H80O4/c1-5-9-12-14-16-18-20-22-24-26-28-30-32-34-37-41(44(47)48-39-40(8-4)36-11-7-3)43(46)42(45)38-35-33-31-29-27-25-23-21-19-17-15-13-10-6-2/h22-25,40-41H,5-21,26-39H2,1-4H3/b24-22-,25-23-. The van der Waals surface area contributed by atoms with Gasteiger partial charge in [-0.25, -0.2) is 0 Å². The lowest BCUT2D eigenvalue weighted by molar-refractivity contribution is -0.156. The first-order valence-electron chi connectivity index (χ1n) is 21.0. The zero-order valence-corrected chi connectivity index (χ0v) is 32.5. The molecular formula is C44H80O4. The molecule has 0 aliphatic rings. The topological polar surface area (TPSA) is 60.4 Å². The highest BCUT2D eigenvalue weighted by Crippen LogP contribution is 2.20. The second-order valence-corrected chi connectivity index (χ2v) is 14.4. The average molecular weight is 673 g/mol. The summed E-state index contributed by atoms with van der Waals surface area (Å²) in [5.41, 5.74) is 0. The number of ether oxygens (including phenoxy) is 1. The van der Waals surface area contributed by atoms with Gasteiger partial charge in [-0.2, -0.15) is 0 Å². The molecule has 0 bridgehead atoms. The Morgan fingerprint density at radius 3 is 1.35 bits per heavy atom. The predicted octanol–water partition coefficient (Wildman–Crippen LogP) is 13.8. The van der Waals surface area contributed by atoms with Crippen molar-refractivity contribution in [1.82, 2.24) is 0 Å². The van der Waals surface area contributed by atoms with Gasteiger partial charge in [-0.05, 0) is 76.5 Å². The van der Waals surface area contributed by atoms with E-state index in [9.17, 15) is 14.4 Å². The summed E-state index contributed by atoms with van der Waals surface area (Å²) in [6.07, 6.45) is 42.5. The highest BCUT2D eigenvalue weighted by Gasteiger charge is 2.32. The molecule has 2 unspecified atom stereocenters. The molecule has 4 heteroatoms. The summed E-state index contributed by atoms with van der Waals surface area (Å²) in [6.45, 7) is 9.16. The van der Waals surface area contributed by atoms with E-state index in [0.717, 1.165) is 89.9 Å². The van der Waals surface area contributed by atoms with Crippen LogP contribution < -0.4 is 0 Å². The minimum Gasteiger partial charge on any atom is -0.465 e. The van der Waals surface area contributed by atoms with E-state index >= 15 is 0 Å².